The van der Waals surface area contributed by atoms with Crippen molar-refractivity contribution in [3.05, 3.63) is 65.7 Å². The highest BCUT2D eigenvalue weighted by Crippen LogP contribution is 2.65. The van der Waals surface area contributed by atoms with Gasteiger partial charge in [0.2, 0.25) is 0 Å². The largest absolute Gasteiger partial charge is 0.508 e. The van der Waals surface area contributed by atoms with Crippen LogP contribution in [-0.2, 0) is 21.4 Å². The summed E-state index contributed by atoms with van der Waals surface area (Å²) in [6.07, 6.45) is 4.84. The van der Waals surface area contributed by atoms with Gasteiger partial charge in [-0.3, -0.25) is 14.5 Å². The van der Waals surface area contributed by atoms with E-state index in [-0.39, 0.29) is 46.9 Å². The summed E-state index contributed by atoms with van der Waals surface area (Å²) in [4.78, 5) is 29.4. The van der Waals surface area contributed by atoms with Crippen molar-refractivity contribution in [1.29, 1.82) is 0 Å². The van der Waals surface area contributed by atoms with Gasteiger partial charge in [0.15, 0.2) is 11.5 Å². The first-order valence-electron chi connectivity index (χ1n) is 13.3. The molecule has 0 radical (unpaired) electrons. The molecule has 4 aliphatic rings. The van der Waals surface area contributed by atoms with Crippen LogP contribution in [0.4, 0.5) is 0 Å². The zero-order valence-corrected chi connectivity index (χ0v) is 21.8. The number of likely N-dealkylation sites (N-methyl/N-ethyl adjacent to an activating group) is 1. The van der Waals surface area contributed by atoms with Crippen LogP contribution in [0.1, 0.15) is 42.9 Å². The molecule has 2 aliphatic heterocycles. The summed E-state index contributed by atoms with van der Waals surface area (Å²) in [5, 5.41) is 11.1. The lowest BCUT2D eigenvalue weighted by Crippen LogP contribution is -2.68. The first-order valence-corrected chi connectivity index (χ1v) is 13.3. The van der Waals surface area contributed by atoms with E-state index >= 15 is 0 Å². The number of benzene rings is 2. The summed E-state index contributed by atoms with van der Waals surface area (Å²) >= 11 is 0. The lowest BCUT2D eigenvalue weighted by atomic mass is 9.51. The average molecular weight is 513 g/mol. The molecule has 38 heavy (non-hydrogen) atoms. The van der Waals surface area contributed by atoms with Gasteiger partial charge in [-0.2, -0.15) is 0 Å². The van der Waals surface area contributed by atoms with E-state index in [2.05, 4.69) is 23.3 Å². The molecule has 2 aliphatic carbocycles. The monoisotopic (exact) mass is 512 g/mol. The van der Waals surface area contributed by atoms with E-state index in [0.717, 1.165) is 49.0 Å². The number of ether oxygens (including phenoxy) is 2. The fraction of sp³-hybridized carbons (Fsp3) is 0.419. The highest BCUT2D eigenvalue weighted by molar-refractivity contribution is 5.94. The third-order valence-corrected chi connectivity index (χ3v) is 9.01. The molecule has 0 aromatic heterocycles. The molecule has 5 atom stereocenters. The van der Waals surface area contributed by atoms with Gasteiger partial charge in [0, 0.05) is 60.7 Å². The van der Waals surface area contributed by atoms with Crippen LogP contribution < -0.4 is 9.47 Å². The number of aromatic hydroxyl groups is 1. The molecular weight excluding hydrogens is 480 g/mol. The van der Waals surface area contributed by atoms with E-state index in [9.17, 15) is 14.7 Å². The number of nitrogens with zero attached hydrogens (tertiary/aromatic N) is 2. The number of phenols is 1. The molecule has 7 nitrogen and oxygen atoms in total. The van der Waals surface area contributed by atoms with Crippen molar-refractivity contribution in [2.45, 2.75) is 56.2 Å². The van der Waals surface area contributed by atoms with Crippen LogP contribution in [0.15, 0.2) is 49.1 Å². The summed E-state index contributed by atoms with van der Waals surface area (Å²) in [6.45, 7) is 6.96. The van der Waals surface area contributed by atoms with Crippen LogP contribution in [0, 0.1) is 17.8 Å². The first-order chi connectivity index (χ1) is 18.3. The molecule has 2 aromatic carbocycles. The molecule has 2 bridgehead atoms. The Morgan fingerprint density at radius 2 is 2.11 bits per heavy atom. The van der Waals surface area contributed by atoms with Crippen molar-refractivity contribution in [1.82, 2.24) is 9.80 Å². The number of hydrogen-bond acceptors (Lipinski definition) is 6. The highest BCUT2D eigenvalue weighted by atomic mass is 16.6. The number of likely N-dealkylation sites (tertiary alicyclic amines) is 1. The quantitative estimate of drug-likeness (QED) is 0.293. The molecule has 1 spiro atoms. The van der Waals surface area contributed by atoms with E-state index < -0.39 is 5.97 Å². The predicted octanol–water partition coefficient (Wildman–Crippen LogP) is 3.42. The molecule has 7 heteroatoms. The zero-order valence-electron chi connectivity index (χ0n) is 21.8. The lowest BCUT2D eigenvalue weighted by molar-refractivity contribution is -0.134. The van der Waals surface area contributed by atoms with Gasteiger partial charge in [-0.1, -0.05) is 30.2 Å². The van der Waals surface area contributed by atoms with Crippen molar-refractivity contribution < 1.29 is 24.2 Å². The number of amides is 1. The van der Waals surface area contributed by atoms with Crippen LogP contribution >= 0.6 is 0 Å². The van der Waals surface area contributed by atoms with Gasteiger partial charge in [0.1, 0.15) is 11.9 Å². The summed E-state index contributed by atoms with van der Waals surface area (Å²) in [5.74, 6) is 6.28. The van der Waals surface area contributed by atoms with Crippen LogP contribution in [0.5, 0.6) is 17.2 Å². The number of hydrogen-bond donors (Lipinski definition) is 1. The smallest absolute Gasteiger partial charge is 0.308 e. The van der Waals surface area contributed by atoms with E-state index in [1.54, 1.807) is 11.9 Å². The number of carbonyl (C=O) groups is 2. The van der Waals surface area contributed by atoms with Crippen LogP contribution in [0.25, 0.3) is 0 Å². The van der Waals surface area contributed by atoms with Crippen molar-refractivity contribution >= 4 is 11.9 Å². The zero-order chi connectivity index (χ0) is 26.6. The van der Waals surface area contributed by atoms with Gasteiger partial charge in [-0.25, -0.2) is 0 Å². The summed E-state index contributed by atoms with van der Waals surface area (Å²) in [6, 6.07) is 11.0. The minimum Gasteiger partial charge on any atom is -0.508 e. The molecule has 1 N–H and O–H groups in total. The minimum absolute atomic E-state index is 0.132. The predicted molar refractivity (Wildman–Crippen MR) is 142 cm³/mol. The van der Waals surface area contributed by atoms with Gasteiger partial charge in [0.05, 0.1) is 6.04 Å². The second-order valence-corrected chi connectivity index (χ2v) is 10.8. The van der Waals surface area contributed by atoms with E-state index in [1.807, 2.05) is 36.4 Å². The normalized spacial score (nSPS) is 28.3. The molecule has 1 saturated heterocycles. The second kappa shape index (κ2) is 9.21. The van der Waals surface area contributed by atoms with Crippen molar-refractivity contribution in [3.63, 3.8) is 0 Å². The molecule has 1 saturated carbocycles. The van der Waals surface area contributed by atoms with Gasteiger partial charge >= 0.3 is 5.97 Å². The van der Waals surface area contributed by atoms with Crippen LogP contribution in [-0.4, -0.2) is 65.1 Å². The van der Waals surface area contributed by atoms with E-state index in [1.165, 1.54) is 13.0 Å². The maximum atomic E-state index is 13.3. The number of phenolic OH excluding ortho intramolecular Hbond substituents is 1. The van der Waals surface area contributed by atoms with Gasteiger partial charge in [0.25, 0.3) is 5.91 Å². The van der Waals surface area contributed by atoms with Crippen LogP contribution in [0.2, 0.25) is 0 Å². The average Bonchev–Trinajstić information content (AvgIpc) is 3.25. The van der Waals surface area contributed by atoms with E-state index in [4.69, 9.17) is 9.47 Å². The van der Waals surface area contributed by atoms with Crippen molar-refractivity contribution in [2.75, 3.05) is 20.1 Å². The van der Waals surface area contributed by atoms with Gasteiger partial charge in [-0.15, -0.1) is 6.58 Å². The number of carbonyl (C=O) groups excluding carboxylic acids is 2. The Balaban J connectivity index is 1.42. The Morgan fingerprint density at radius 1 is 1.32 bits per heavy atom. The molecule has 2 heterocycles. The SMILES string of the molecule is C=CCN1CC[C@]23c4c5c(O)cc(OC(C)=O)c4O[C@H]2[C@H](N(C)C(=O)C#Cc2ccccc2)CC[C@H]3[C@H]1C5. The minimum atomic E-state index is -0.470. The number of esters is 1. The maximum Gasteiger partial charge on any atom is 0.308 e. The fourth-order valence-corrected chi connectivity index (χ4v) is 7.56. The maximum absolute atomic E-state index is 13.3. The van der Waals surface area contributed by atoms with Gasteiger partial charge < -0.3 is 19.5 Å². The molecule has 2 fully saturated rings. The Labute approximate surface area is 223 Å². The fourth-order valence-electron chi connectivity index (χ4n) is 7.56. The summed E-state index contributed by atoms with van der Waals surface area (Å²) < 4.78 is 12.3. The number of piperidine rings is 1. The van der Waals surface area contributed by atoms with Crippen molar-refractivity contribution in [3.8, 4) is 29.1 Å². The number of rotatable bonds is 4. The Kier molecular flexibility index (Phi) is 5.96. The molecule has 2 aromatic rings. The van der Waals surface area contributed by atoms with E-state index in [0.29, 0.717) is 12.2 Å². The molecule has 6 rings (SSSR count). The second-order valence-electron chi connectivity index (χ2n) is 10.8. The molecule has 1 amide bonds. The Morgan fingerprint density at radius 3 is 2.84 bits per heavy atom. The Bertz CT molecular complexity index is 1380. The first kappa shape index (κ1) is 24.6. The van der Waals surface area contributed by atoms with Crippen molar-refractivity contribution in [2.24, 2.45) is 5.92 Å². The topological polar surface area (TPSA) is 79.3 Å². The lowest BCUT2D eigenvalue weighted by Gasteiger charge is -2.60. The van der Waals surface area contributed by atoms with Gasteiger partial charge in [-0.05, 0) is 50.3 Å². The molecule has 0 unspecified atom stereocenters. The highest BCUT2D eigenvalue weighted by Gasteiger charge is 2.67. The third kappa shape index (κ3) is 3.62. The summed E-state index contributed by atoms with van der Waals surface area (Å²) in [5.41, 5.74) is 2.24. The summed E-state index contributed by atoms with van der Waals surface area (Å²) in [7, 11) is 1.80. The Hall–Kier alpha value is -3.76. The molecule has 196 valence electrons. The third-order valence-electron chi connectivity index (χ3n) is 9.01. The molecular formula is C31H32N2O5. The standard InChI is InChI=1S/C31H32N2O5/c1-4-15-33-16-14-31-22-11-12-23(32(3)27(36)13-10-20-8-6-5-7-9-20)30(31)38-29-26(37-19(2)34)18-25(35)21(28(29)31)17-24(22)33/h4-9,18,22-24,30,35H,1,11-12,14-17H2,2-3H3/t22-,23+,24+,30-,31-/m0/s1. The van der Waals surface area contributed by atoms with Crippen LogP contribution in [0.3, 0.4) is 0 Å².